The highest BCUT2D eigenvalue weighted by Crippen LogP contribution is 2.47. The maximum Gasteiger partial charge on any atom is 0.229 e. The van der Waals surface area contributed by atoms with Gasteiger partial charge in [0, 0.05) is 17.5 Å². The van der Waals surface area contributed by atoms with E-state index in [2.05, 4.69) is 6.07 Å². The van der Waals surface area contributed by atoms with Crippen molar-refractivity contribution in [3.8, 4) is 23.0 Å². The molecule has 29 heavy (non-hydrogen) atoms. The maximum atomic E-state index is 13.2. The van der Waals surface area contributed by atoms with Crippen molar-refractivity contribution >= 4 is 11.6 Å². The number of hydrogen-bond acceptors (Lipinski definition) is 5. The second-order valence-electron chi connectivity index (χ2n) is 7.36. The maximum absolute atomic E-state index is 13.2. The number of benzene rings is 2. The molecule has 0 radical (unpaired) electrons. The summed E-state index contributed by atoms with van der Waals surface area (Å²) in [5.74, 6) is 2.36. The van der Waals surface area contributed by atoms with Gasteiger partial charge in [0.25, 0.3) is 0 Å². The quantitative estimate of drug-likeness (QED) is 0.760. The highest BCUT2D eigenvalue weighted by Gasteiger charge is 2.30. The predicted molar refractivity (Wildman–Crippen MR) is 113 cm³/mol. The number of carbonyl (C=O) groups is 1. The smallest absolute Gasteiger partial charge is 0.229 e. The van der Waals surface area contributed by atoms with Gasteiger partial charge in [-0.1, -0.05) is 19.9 Å². The molecule has 0 saturated heterocycles. The average Bonchev–Trinajstić information content (AvgIpc) is 2.73. The van der Waals surface area contributed by atoms with Gasteiger partial charge in [0.15, 0.2) is 11.5 Å². The molecule has 0 bridgehead atoms. The molecule has 0 aromatic heterocycles. The SMILES string of the molecule is COc1ccc2c(c1)CN(C(=O)C(C)C)c1cc(OC)c(OC)c(OC)c1CC2. The Morgan fingerprint density at radius 2 is 1.62 bits per heavy atom. The fourth-order valence-electron chi connectivity index (χ4n) is 3.83. The van der Waals surface area contributed by atoms with E-state index < -0.39 is 0 Å². The Balaban J connectivity index is 2.24. The third-order valence-electron chi connectivity index (χ3n) is 5.35. The van der Waals surface area contributed by atoms with Gasteiger partial charge in [0.2, 0.25) is 11.7 Å². The first-order valence-electron chi connectivity index (χ1n) is 9.74. The molecule has 0 saturated carbocycles. The summed E-state index contributed by atoms with van der Waals surface area (Å²) in [7, 11) is 6.44. The van der Waals surface area contributed by atoms with E-state index >= 15 is 0 Å². The van der Waals surface area contributed by atoms with E-state index in [9.17, 15) is 4.79 Å². The highest BCUT2D eigenvalue weighted by molar-refractivity contribution is 5.96. The van der Waals surface area contributed by atoms with Crippen molar-refractivity contribution in [3.63, 3.8) is 0 Å². The second-order valence-corrected chi connectivity index (χ2v) is 7.36. The van der Waals surface area contributed by atoms with Gasteiger partial charge in [-0.2, -0.15) is 0 Å². The molecule has 0 unspecified atom stereocenters. The number of ether oxygens (including phenoxy) is 4. The van der Waals surface area contributed by atoms with E-state index in [-0.39, 0.29) is 11.8 Å². The Kier molecular flexibility index (Phi) is 6.20. The Labute approximate surface area is 172 Å². The van der Waals surface area contributed by atoms with Crippen LogP contribution in [0.2, 0.25) is 0 Å². The molecular formula is C23H29NO5. The predicted octanol–water partition coefficient (Wildman–Crippen LogP) is 4.01. The van der Waals surface area contributed by atoms with Crippen molar-refractivity contribution in [1.29, 1.82) is 0 Å². The molecule has 0 atom stereocenters. The Morgan fingerprint density at radius 3 is 2.21 bits per heavy atom. The van der Waals surface area contributed by atoms with Gasteiger partial charge in [-0.05, 0) is 36.1 Å². The average molecular weight is 399 g/mol. The van der Waals surface area contributed by atoms with E-state index in [1.807, 2.05) is 36.9 Å². The van der Waals surface area contributed by atoms with Gasteiger partial charge >= 0.3 is 0 Å². The number of amides is 1. The molecule has 3 rings (SSSR count). The molecule has 1 aliphatic rings. The van der Waals surface area contributed by atoms with Crippen molar-refractivity contribution in [1.82, 2.24) is 0 Å². The number of anilines is 1. The standard InChI is InChI=1S/C23H29NO5/c1-14(2)23(25)24-13-16-11-17(26-3)9-7-15(16)8-10-18-19(24)12-20(27-4)22(29-6)21(18)28-5/h7,9,11-12,14H,8,10,13H2,1-6H3. The van der Waals surface area contributed by atoms with Crippen molar-refractivity contribution < 1.29 is 23.7 Å². The lowest BCUT2D eigenvalue weighted by molar-refractivity contribution is -0.121. The number of aryl methyl sites for hydroxylation is 1. The first-order valence-corrected chi connectivity index (χ1v) is 9.74. The third kappa shape index (κ3) is 3.84. The van der Waals surface area contributed by atoms with Crippen LogP contribution < -0.4 is 23.8 Å². The molecule has 0 aliphatic carbocycles. The van der Waals surface area contributed by atoms with Crippen LogP contribution in [0.1, 0.15) is 30.5 Å². The van der Waals surface area contributed by atoms with E-state index in [1.165, 1.54) is 5.56 Å². The van der Waals surface area contributed by atoms with Crippen molar-refractivity contribution in [2.24, 2.45) is 5.92 Å². The Bertz CT molecular complexity index is 907. The molecule has 0 N–H and O–H groups in total. The molecule has 1 amide bonds. The van der Waals surface area contributed by atoms with Crippen molar-refractivity contribution in [2.75, 3.05) is 33.3 Å². The monoisotopic (exact) mass is 399 g/mol. The molecule has 1 aliphatic heterocycles. The van der Waals surface area contributed by atoms with E-state index in [4.69, 9.17) is 18.9 Å². The molecule has 1 heterocycles. The molecular weight excluding hydrogens is 370 g/mol. The summed E-state index contributed by atoms with van der Waals surface area (Å²) >= 11 is 0. The first kappa shape index (κ1) is 20.8. The first-order chi connectivity index (χ1) is 13.9. The summed E-state index contributed by atoms with van der Waals surface area (Å²) in [6, 6.07) is 7.92. The summed E-state index contributed by atoms with van der Waals surface area (Å²) in [4.78, 5) is 15.0. The number of fused-ring (bicyclic) bond motifs is 2. The lowest BCUT2D eigenvalue weighted by Gasteiger charge is -2.32. The summed E-state index contributed by atoms with van der Waals surface area (Å²) in [6.07, 6.45) is 1.53. The van der Waals surface area contributed by atoms with Crippen LogP contribution in [0.25, 0.3) is 0 Å². The minimum absolute atomic E-state index is 0.0381. The molecule has 0 spiro atoms. The van der Waals surface area contributed by atoms with Gasteiger partial charge in [-0.25, -0.2) is 0 Å². The van der Waals surface area contributed by atoms with Gasteiger partial charge in [0.1, 0.15) is 5.75 Å². The summed E-state index contributed by atoms with van der Waals surface area (Å²) in [5, 5.41) is 0. The largest absolute Gasteiger partial charge is 0.497 e. The minimum atomic E-state index is -0.157. The van der Waals surface area contributed by atoms with Crippen LogP contribution >= 0.6 is 0 Å². The zero-order chi connectivity index (χ0) is 21.1. The normalized spacial score (nSPS) is 13.1. The van der Waals surface area contributed by atoms with Crippen LogP contribution in [-0.4, -0.2) is 34.3 Å². The zero-order valence-electron chi connectivity index (χ0n) is 18.0. The van der Waals surface area contributed by atoms with Gasteiger partial charge in [0.05, 0.1) is 40.7 Å². The number of methoxy groups -OCH3 is 4. The van der Waals surface area contributed by atoms with Crippen LogP contribution in [0, 0.1) is 5.92 Å². The lowest BCUT2D eigenvalue weighted by atomic mass is 9.93. The molecule has 2 aromatic rings. The topological polar surface area (TPSA) is 57.2 Å². The van der Waals surface area contributed by atoms with Crippen molar-refractivity contribution in [3.05, 3.63) is 41.0 Å². The molecule has 6 heteroatoms. The van der Waals surface area contributed by atoms with Crippen molar-refractivity contribution in [2.45, 2.75) is 33.2 Å². The lowest BCUT2D eigenvalue weighted by Crippen LogP contribution is -2.35. The fraction of sp³-hybridized carbons (Fsp3) is 0.435. The number of carbonyl (C=O) groups excluding carboxylic acids is 1. The van der Waals surface area contributed by atoms with E-state index in [1.54, 1.807) is 28.4 Å². The van der Waals surface area contributed by atoms with Gasteiger partial charge < -0.3 is 23.8 Å². The van der Waals surface area contributed by atoms with E-state index in [0.717, 1.165) is 29.0 Å². The minimum Gasteiger partial charge on any atom is -0.497 e. The summed E-state index contributed by atoms with van der Waals surface area (Å²) < 4.78 is 22.2. The Hall–Kier alpha value is -2.89. The summed E-state index contributed by atoms with van der Waals surface area (Å²) in [6.45, 7) is 4.27. The van der Waals surface area contributed by atoms with Gasteiger partial charge in [-0.3, -0.25) is 4.79 Å². The van der Waals surface area contributed by atoms with Crippen LogP contribution in [-0.2, 0) is 24.2 Å². The molecule has 2 aromatic carbocycles. The van der Waals surface area contributed by atoms with Crippen LogP contribution in [0.4, 0.5) is 5.69 Å². The highest BCUT2D eigenvalue weighted by atomic mass is 16.5. The van der Waals surface area contributed by atoms with Crippen LogP contribution in [0.3, 0.4) is 0 Å². The van der Waals surface area contributed by atoms with Crippen LogP contribution in [0.15, 0.2) is 24.3 Å². The molecule has 0 fully saturated rings. The zero-order valence-corrected chi connectivity index (χ0v) is 18.0. The molecule has 6 nitrogen and oxygen atoms in total. The number of rotatable bonds is 5. The molecule has 156 valence electrons. The number of nitrogens with zero attached hydrogens (tertiary/aromatic N) is 1. The summed E-state index contributed by atoms with van der Waals surface area (Å²) in [5.41, 5.74) is 4.01. The fourth-order valence-corrected chi connectivity index (χ4v) is 3.83. The third-order valence-corrected chi connectivity index (χ3v) is 5.35. The Morgan fingerprint density at radius 1 is 0.897 bits per heavy atom. The number of hydrogen-bond donors (Lipinski definition) is 0. The second kappa shape index (κ2) is 8.64. The van der Waals surface area contributed by atoms with Crippen LogP contribution in [0.5, 0.6) is 23.0 Å². The van der Waals surface area contributed by atoms with E-state index in [0.29, 0.717) is 30.2 Å². The van der Waals surface area contributed by atoms with Gasteiger partial charge in [-0.15, -0.1) is 0 Å².